The normalized spacial score (nSPS) is 16.0. The Morgan fingerprint density at radius 3 is 2.59 bits per heavy atom. The summed E-state index contributed by atoms with van der Waals surface area (Å²) in [6, 6.07) is 10.5. The monoisotopic (exact) mass is 397 g/mol. The first kappa shape index (κ1) is 20.1. The predicted octanol–water partition coefficient (Wildman–Crippen LogP) is 3.07. The number of hydrogen-bond acceptors (Lipinski definition) is 5. The van der Waals surface area contributed by atoms with Crippen LogP contribution in [0, 0.1) is 0 Å². The van der Waals surface area contributed by atoms with Crippen LogP contribution in [-0.2, 0) is 4.79 Å². The SMILES string of the molecule is CCOc1cc(C2NC(=O)NC(C)=C2C(=O)Nc2ccc(OC)cc2)ccc1O. The van der Waals surface area contributed by atoms with Crippen molar-refractivity contribution in [3.05, 3.63) is 59.3 Å². The molecule has 8 nitrogen and oxygen atoms in total. The van der Waals surface area contributed by atoms with Crippen molar-refractivity contribution in [3.63, 3.8) is 0 Å². The minimum absolute atomic E-state index is 0.0132. The van der Waals surface area contributed by atoms with Crippen molar-refractivity contribution in [2.24, 2.45) is 0 Å². The molecule has 0 saturated heterocycles. The molecule has 3 amide bonds. The standard InChI is InChI=1S/C21H23N3O5/c1-4-29-17-11-13(5-10-16(17)25)19-18(12(2)22-21(27)24-19)20(26)23-14-6-8-15(28-3)9-7-14/h5-11,19,25H,4H2,1-3H3,(H,23,26)(H2,22,24,27). The van der Waals surface area contributed by atoms with Crippen molar-refractivity contribution in [1.82, 2.24) is 10.6 Å². The summed E-state index contributed by atoms with van der Waals surface area (Å²) in [6.07, 6.45) is 0. The molecule has 3 rings (SSSR count). The lowest BCUT2D eigenvalue weighted by atomic mass is 9.94. The highest BCUT2D eigenvalue weighted by molar-refractivity contribution is 6.06. The number of anilines is 1. The third-order valence-corrected chi connectivity index (χ3v) is 4.48. The van der Waals surface area contributed by atoms with E-state index in [-0.39, 0.29) is 17.4 Å². The van der Waals surface area contributed by atoms with E-state index in [1.165, 1.54) is 6.07 Å². The Morgan fingerprint density at radius 2 is 1.93 bits per heavy atom. The summed E-state index contributed by atoms with van der Waals surface area (Å²) in [5.41, 5.74) is 2.00. The Labute approximate surface area is 168 Å². The maximum absolute atomic E-state index is 13.0. The first-order valence-electron chi connectivity index (χ1n) is 9.12. The van der Waals surface area contributed by atoms with Crippen LogP contribution >= 0.6 is 0 Å². The Morgan fingerprint density at radius 1 is 1.21 bits per heavy atom. The number of ether oxygens (including phenoxy) is 2. The number of benzene rings is 2. The third kappa shape index (κ3) is 4.43. The fraction of sp³-hybridized carbons (Fsp3) is 0.238. The number of nitrogens with one attached hydrogen (secondary N) is 3. The maximum Gasteiger partial charge on any atom is 0.319 e. The molecule has 29 heavy (non-hydrogen) atoms. The van der Waals surface area contributed by atoms with Crippen LogP contribution < -0.4 is 25.4 Å². The zero-order chi connectivity index (χ0) is 21.0. The number of carbonyl (C=O) groups is 2. The number of rotatable bonds is 6. The van der Waals surface area contributed by atoms with Crippen molar-refractivity contribution in [3.8, 4) is 17.2 Å². The van der Waals surface area contributed by atoms with Crippen LogP contribution in [-0.4, -0.2) is 30.8 Å². The van der Waals surface area contributed by atoms with Gasteiger partial charge in [-0.1, -0.05) is 6.07 Å². The van der Waals surface area contributed by atoms with Gasteiger partial charge in [-0.25, -0.2) is 4.79 Å². The van der Waals surface area contributed by atoms with Gasteiger partial charge in [0.2, 0.25) is 0 Å². The van der Waals surface area contributed by atoms with E-state index in [1.807, 2.05) is 0 Å². The molecule has 1 heterocycles. The summed E-state index contributed by atoms with van der Waals surface area (Å²) in [4.78, 5) is 25.1. The van der Waals surface area contributed by atoms with Gasteiger partial charge >= 0.3 is 6.03 Å². The van der Waals surface area contributed by atoms with Crippen LogP contribution in [0.1, 0.15) is 25.5 Å². The van der Waals surface area contributed by atoms with Crippen LogP contribution in [0.4, 0.5) is 10.5 Å². The molecule has 8 heteroatoms. The van der Waals surface area contributed by atoms with E-state index in [0.29, 0.717) is 34.9 Å². The maximum atomic E-state index is 13.0. The number of phenols is 1. The van der Waals surface area contributed by atoms with Gasteiger partial charge in [0.15, 0.2) is 11.5 Å². The summed E-state index contributed by atoms with van der Waals surface area (Å²) in [6.45, 7) is 3.84. The second-order valence-electron chi connectivity index (χ2n) is 6.41. The molecule has 2 aromatic carbocycles. The highest BCUT2D eigenvalue weighted by Gasteiger charge is 2.31. The van der Waals surface area contributed by atoms with E-state index in [2.05, 4.69) is 16.0 Å². The molecular weight excluding hydrogens is 374 g/mol. The van der Waals surface area contributed by atoms with E-state index >= 15 is 0 Å². The third-order valence-electron chi connectivity index (χ3n) is 4.48. The largest absolute Gasteiger partial charge is 0.504 e. The van der Waals surface area contributed by atoms with Crippen LogP contribution in [0.15, 0.2) is 53.7 Å². The topological polar surface area (TPSA) is 109 Å². The van der Waals surface area contributed by atoms with Crippen LogP contribution in [0.25, 0.3) is 0 Å². The average Bonchev–Trinajstić information content (AvgIpc) is 2.69. The zero-order valence-electron chi connectivity index (χ0n) is 16.4. The number of allylic oxidation sites excluding steroid dienone is 1. The second kappa shape index (κ2) is 8.55. The van der Waals surface area contributed by atoms with Crippen LogP contribution in [0.2, 0.25) is 0 Å². The van der Waals surface area contributed by atoms with Gasteiger partial charge in [-0.2, -0.15) is 0 Å². The van der Waals surface area contributed by atoms with E-state index in [9.17, 15) is 14.7 Å². The first-order valence-corrected chi connectivity index (χ1v) is 9.12. The number of aromatic hydroxyl groups is 1. The van der Waals surface area contributed by atoms with Crippen molar-refractivity contribution >= 4 is 17.6 Å². The summed E-state index contributed by atoms with van der Waals surface area (Å²) in [5, 5.41) is 18.2. The molecule has 1 aliphatic heterocycles. The molecule has 1 unspecified atom stereocenters. The minimum atomic E-state index is -0.707. The van der Waals surface area contributed by atoms with Gasteiger partial charge in [0.1, 0.15) is 5.75 Å². The Balaban J connectivity index is 1.93. The molecular formula is C21H23N3O5. The second-order valence-corrected chi connectivity index (χ2v) is 6.41. The molecule has 0 saturated carbocycles. The Hall–Kier alpha value is -3.68. The van der Waals surface area contributed by atoms with Gasteiger partial charge in [-0.05, 0) is 55.8 Å². The number of amides is 3. The summed E-state index contributed by atoms with van der Waals surface area (Å²) < 4.78 is 10.6. The molecule has 2 aromatic rings. The molecule has 0 spiro atoms. The van der Waals surface area contributed by atoms with E-state index in [0.717, 1.165) is 0 Å². The minimum Gasteiger partial charge on any atom is -0.504 e. The highest BCUT2D eigenvalue weighted by atomic mass is 16.5. The smallest absolute Gasteiger partial charge is 0.319 e. The van der Waals surface area contributed by atoms with Gasteiger partial charge in [0.25, 0.3) is 5.91 Å². The number of urea groups is 1. The van der Waals surface area contributed by atoms with E-state index < -0.39 is 12.1 Å². The molecule has 0 aliphatic carbocycles. The molecule has 0 aromatic heterocycles. The van der Waals surface area contributed by atoms with E-state index in [4.69, 9.17) is 9.47 Å². The zero-order valence-corrected chi connectivity index (χ0v) is 16.4. The lowest BCUT2D eigenvalue weighted by molar-refractivity contribution is -0.113. The van der Waals surface area contributed by atoms with Gasteiger partial charge in [-0.3, -0.25) is 4.79 Å². The number of carbonyl (C=O) groups excluding carboxylic acids is 2. The average molecular weight is 397 g/mol. The fourth-order valence-corrected chi connectivity index (χ4v) is 3.10. The van der Waals surface area contributed by atoms with Crippen LogP contribution in [0.5, 0.6) is 17.2 Å². The van der Waals surface area contributed by atoms with E-state index in [1.54, 1.807) is 57.4 Å². The van der Waals surface area contributed by atoms with Gasteiger partial charge in [0.05, 0.1) is 25.3 Å². The molecule has 1 atom stereocenters. The van der Waals surface area contributed by atoms with Crippen LogP contribution in [0.3, 0.4) is 0 Å². The van der Waals surface area contributed by atoms with Crippen molar-refractivity contribution in [1.29, 1.82) is 0 Å². The van der Waals surface area contributed by atoms with Crippen molar-refractivity contribution in [2.75, 3.05) is 19.0 Å². The number of methoxy groups -OCH3 is 1. The summed E-state index contributed by atoms with van der Waals surface area (Å²) >= 11 is 0. The molecule has 0 fully saturated rings. The lowest BCUT2D eigenvalue weighted by Gasteiger charge is -2.29. The number of hydrogen-bond donors (Lipinski definition) is 4. The van der Waals surface area contributed by atoms with Gasteiger partial charge in [0, 0.05) is 11.4 Å². The molecule has 4 N–H and O–H groups in total. The Kier molecular flexibility index (Phi) is 5.92. The van der Waals surface area contributed by atoms with Crippen molar-refractivity contribution < 1.29 is 24.2 Å². The van der Waals surface area contributed by atoms with Crippen molar-refractivity contribution in [2.45, 2.75) is 19.9 Å². The Bertz CT molecular complexity index is 953. The summed E-state index contributed by atoms with van der Waals surface area (Å²) in [5.74, 6) is 0.581. The van der Waals surface area contributed by atoms with Gasteiger partial charge < -0.3 is 30.5 Å². The first-order chi connectivity index (χ1) is 13.9. The number of phenolic OH excluding ortho intramolecular Hbond substituents is 1. The quantitative estimate of drug-likeness (QED) is 0.599. The predicted molar refractivity (Wildman–Crippen MR) is 108 cm³/mol. The molecule has 1 aliphatic rings. The summed E-state index contributed by atoms with van der Waals surface area (Å²) in [7, 11) is 1.57. The fourth-order valence-electron chi connectivity index (χ4n) is 3.10. The molecule has 152 valence electrons. The molecule has 0 bridgehead atoms. The van der Waals surface area contributed by atoms with Gasteiger partial charge in [-0.15, -0.1) is 0 Å². The lowest BCUT2D eigenvalue weighted by Crippen LogP contribution is -2.45. The highest BCUT2D eigenvalue weighted by Crippen LogP contribution is 2.34. The molecule has 0 radical (unpaired) electrons.